The Morgan fingerprint density at radius 1 is 1.07 bits per heavy atom. The molecular weight excluding hydrogens is 398 g/mol. The van der Waals surface area contributed by atoms with Crippen molar-refractivity contribution in [3.05, 3.63) is 40.9 Å². The van der Waals surface area contributed by atoms with E-state index in [0.29, 0.717) is 0 Å². The van der Waals surface area contributed by atoms with Crippen LogP contribution in [0.5, 0.6) is 0 Å². The van der Waals surface area contributed by atoms with Crippen LogP contribution in [-0.4, -0.2) is 65.4 Å². The predicted molar refractivity (Wildman–Crippen MR) is 122 cm³/mol. The van der Waals surface area contributed by atoms with Crippen molar-refractivity contribution in [3.8, 4) is 0 Å². The fourth-order valence-electron chi connectivity index (χ4n) is 4.38. The highest BCUT2D eigenvalue weighted by molar-refractivity contribution is 6.33. The Balaban J connectivity index is 1.23. The number of aromatic nitrogens is 3. The molecule has 0 saturated carbocycles. The third-order valence-corrected chi connectivity index (χ3v) is 6.35. The molecule has 2 aliphatic rings. The van der Waals surface area contributed by atoms with Crippen molar-refractivity contribution in [3.63, 3.8) is 0 Å². The molecule has 0 unspecified atom stereocenters. The summed E-state index contributed by atoms with van der Waals surface area (Å²) < 4.78 is 2.34. The van der Waals surface area contributed by atoms with Gasteiger partial charge in [-0.3, -0.25) is 4.99 Å². The molecule has 0 radical (unpaired) electrons. The molecule has 1 saturated heterocycles. The molecule has 3 heterocycles. The van der Waals surface area contributed by atoms with Crippen molar-refractivity contribution in [1.29, 1.82) is 0 Å². The molecule has 0 spiro atoms. The highest BCUT2D eigenvalue weighted by Crippen LogP contribution is 2.26. The quantitative estimate of drug-likeness (QED) is 0.449. The minimum atomic E-state index is 0.819. The average molecular weight is 430 g/mol. The number of guanidine groups is 1. The van der Waals surface area contributed by atoms with Gasteiger partial charge in [0, 0.05) is 59.2 Å². The normalized spacial score (nSPS) is 17.6. The monoisotopic (exact) mass is 429 g/mol. The van der Waals surface area contributed by atoms with Gasteiger partial charge in [-0.1, -0.05) is 30.2 Å². The van der Waals surface area contributed by atoms with E-state index in [2.05, 4.69) is 40.9 Å². The summed E-state index contributed by atoms with van der Waals surface area (Å²) in [7, 11) is 1.86. The maximum Gasteiger partial charge on any atom is 0.193 e. The van der Waals surface area contributed by atoms with Gasteiger partial charge >= 0.3 is 0 Å². The number of hydrogen-bond donors (Lipinski definition) is 1. The summed E-state index contributed by atoms with van der Waals surface area (Å²) in [6, 6.07) is 8.07. The highest BCUT2D eigenvalue weighted by Gasteiger charge is 2.21. The number of aliphatic imine (C=N–C) groups is 1. The molecule has 2 aliphatic heterocycles. The van der Waals surface area contributed by atoms with Crippen molar-refractivity contribution >= 4 is 23.2 Å². The van der Waals surface area contributed by atoms with Crippen LogP contribution in [-0.2, 0) is 19.4 Å². The first-order chi connectivity index (χ1) is 14.8. The van der Waals surface area contributed by atoms with E-state index in [1.54, 1.807) is 0 Å². The third-order valence-electron chi connectivity index (χ3n) is 6.03. The molecule has 0 bridgehead atoms. The van der Waals surface area contributed by atoms with Gasteiger partial charge in [0.2, 0.25) is 0 Å². The molecule has 0 aliphatic carbocycles. The third kappa shape index (κ3) is 4.89. The van der Waals surface area contributed by atoms with E-state index < -0.39 is 0 Å². The molecule has 7 nitrogen and oxygen atoms in total. The second kappa shape index (κ2) is 10.2. The molecule has 162 valence electrons. The van der Waals surface area contributed by atoms with Crippen LogP contribution in [0.4, 0.5) is 5.69 Å². The molecular formula is C22H32ClN7. The van der Waals surface area contributed by atoms with Gasteiger partial charge in [0.15, 0.2) is 5.96 Å². The molecule has 0 atom stereocenters. The zero-order valence-corrected chi connectivity index (χ0v) is 18.6. The lowest BCUT2D eigenvalue weighted by molar-refractivity contribution is 0.372. The van der Waals surface area contributed by atoms with Gasteiger partial charge in [0.1, 0.15) is 11.6 Å². The Hall–Kier alpha value is -2.28. The van der Waals surface area contributed by atoms with E-state index in [-0.39, 0.29) is 0 Å². The summed E-state index contributed by atoms with van der Waals surface area (Å²) in [5, 5.41) is 13.2. The summed E-state index contributed by atoms with van der Waals surface area (Å²) in [6.45, 7) is 5.71. The lowest BCUT2D eigenvalue weighted by Gasteiger charge is -2.38. The summed E-state index contributed by atoms with van der Waals surface area (Å²) in [6.07, 6.45) is 6.82. The number of hydrogen-bond acceptors (Lipinski definition) is 4. The van der Waals surface area contributed by atoms with Gasteiger partial charge < -0.3 is 19.7 Å². The van der Waals surface area contributed by atoms with Crippen molar-refractivity contribution in [2.45, 2.75) is 45.1 Å². The first kappa shape index (κ1) is 21.0. The molecule has 8 heteroatoms. The van der Waals surface area contributed by atoms with E-state index in [9.17, 15) is 0 Å². The number of halogens is 1. The summed E-state index contributed by atoms with van der Waals surface area (Å²) in [5.41, 5.74) is 1.12. The van der Waals surface area contributed by atoms with E-state index >= 15 is 0 Å². The summed E-state index contributed by atoms with van der Waals surface area (Å²) >= 11 is 6.36. The largest absolute Gasteiger partial charge is 0.367 e. The molecule has 2 aromatic rings. The fourth-order valence-corrected chi connectivity index (χ4v) is 4.63. The van der Waals surface area contributed by atoms with Crippen LogP contribution in [0.1, 0.15) is 37.3 Å². The zero-order valence-electron chi connectivity index (χ0n) is 17.9. The second-order valence-corrected chi connectivity index (χ2v) is 8.41. The lowest BCUT2D eigenvalue weighted by atomic mass is 10.2. The number of nitrogens with zero attached hydrogens (tertiary/aromatic N) is 6. The lowest BCUT2D eigenvalue weighted by Crippen LogP contribution is -2.52. The maximum atomic E-state index is 6.36. The van der Waals surface area contributed by atoms with E-state index in [1.165, 1.54) is 25.1 Å². The van der Waals surface area contributed by atoms with E-state index in [4.69, 9.17) is 11.6 Å². The van der Waals surface area contributed by atoms with Crippen LogP contribution in [0.3, 0.4) is 0 Å². The van der Waals surface area contributed by atoms with Crippen LogP contribution in [0.25, 0.3) is 0 Å². The Morgan fingerprint density at radius 2 is 1.90 bits per heavy atom. The van der Waals surface area contributed by atoms with Crippen molar-refractivity contribution in [2.75, 3.05) is 44.7 Å². The fraction of sp³-hybridized carbons (Fsp3) is 0.591. The van der Waals surface area contributed by atoms with Crippen LogP contribution in [0.2, 0.25) is 5.02 Å². The van der Waals surface area contributed by atoms with Gasteiger partial charge in [-0.05, 0) is 31.4 Å². The number of fused-ring (bicyclic) bond motifs is 1. The Kier molecular flexibility index (Phi) is 7.10. The number of benzene rings is 1. The van der Waals surface area contributed by atoms with Crippen LogP contribution < -0.4 is 10.2 Å². The number of rotatable bonds is 5. The predicted octanol–water partition coefficient (Wildman–Crippen LogP) is 2.99. The minimum Gasteiger partial charge on any atom is -0.367 e. The SMILES string of the molecule is CN=C(NCCCc1nnc2n1CCCCC2)N1CCN(c2ccccc2Cl)CC1. The number of aryl methyl sites for hydroxylation is 2. The average Bonchev–Trinajstić information content (AvgIpc) is 3.00. The minimum absolute atomic E-state index is 0.819. The molecule has 1 fully saturated rings. The van der Waals surface area contributed by atoms with Crippen molar-refractivity contribution in [2.24, 2.45) is 4.99 Å². The summed E-state index contributed by atoms with van der Waals surface area (Å²) in [4.78, 5) is 9.18. The molecule has 4 rings (SSSR count). The van der Waals surface area contributed by atoms with Crippen molar-refractivity contribution in [1.82, 2.24) is 25.0 Å². The van der Waals surface area contributed by atoms with Crippen molar-refractivity contribution < 1.29 is 0 Å². The van der Waals surface area contributed by atoms with E-state index in [0.717, 1.165) is 81.0 Å². The zero-order chi connectivity index (χ0) is 20.8. The number of anilines is 1. The number of piperazine rings is 1. The van der Waals surface area contributed by atoms with Crippen LogP contribution in [0.15, 0.2) is 29.3 Å². The molecule has 1 N–H and O–H groups in total. The summed E-state index contributed by atoms with van der Waals surface area (Å²) in [5.74, 6) is 3.29. The Morgan fingerprint density at radius 3 is 2.70 bits per heavy atom. The maximum absolute atomic E-state index is 6.36. The Labute approximate surface area is 184 Å². The van der Waals surface area contributed by atoms with Crippen LogP contribution >= 0.6 is 11.6 Å². The molecule has 30 heavy (non-hydrogen) atoms. The second-order valence-electron chi connectivity index (χ2n) is 8.00. The van der Waals surface area contributed by atoms with Gasteiger partial charge in [0.05, 0.1) is 10.7 Å². The molecule has 1 aromatic heterocycles. The molecule has 1 aromatic carbocycles. The first-order valence-electron chi connectivity index (χ1n) is 11.1. The number of para-hydroxylation sites is 1. The van der Waals surface area contributed by atoms with Gasteiger partial charge in [0.25, 0.3) is 0 Å². The first-order valence-corrected chi connectivity index (χ1v) is 11.5. The topological polar surface area (TPSA) is 61.6 Å². The van der Waals surface area contributed by atoms with Gasteiger partial charge in [-0.15, -0.1) is 10.2 Å². The smallest absolute Gasteiger partial charge is 0.193 e. The van der Waals surface area contributed by atoms with Gasteiger partial charge in [-0.2, -0.15) is 0 Å². The standard InChI is InChI=1S/C22H32ClN7/c1-24-22(29-16-14-28(15-17-29)19-9-5-4-8-18(19)23)25-12-7-11-21-27-26-20-10-3-2-6-13-30(20)21/h4-5,8-9H,2-3,6-7,10-17H2,1H3,(H,24,25). The highest BCUT2D eigenvalue weighted by atomic mass is 35.5. The van der Waals surface area contributed by atoms with Crippen LogP contribution in [0, 0.1) is 0 Å². The number of nitrogens with one attached hydrogen (secondary N) is 1. The van der Waals surface area contributed by atoms with E-state index in [1.807, 2.05) is 25.2 Å². The van der Waals surface area contributed by atoms with Gasteiger partial charge in [-0.25, -0.2) is 0 Å². The molecule has 0 amide bonds. The Bertz CT molecular complexity index is 855.